The van der Waals surface area contributed by atoms with Crippen molar-refractivity contribution in [2.75, 3.05) is 23.3 Å². The summed E-state index contributed by atoms with van der Waals surface area (Å²) in [5.74, 6) is 1.57. The smallest absolute Gasteiger partial charge is 0.229 e. The molecule has 0 aliphatic carbocycles. The van der Waals surface area contributed by atoms with Crippen LogP contribution in [0.5, 0.6) is 0 Å². The van der Waals surface area contributed by atoms with E-state index in [1.54, 1.807) is 6.33 Å². The van der Waals surface area contributed by atoms with E-state index in [2.05, 4.69) is 25.3 Å². The molecular weight excluding hydrogens is 376 g/mol. The summed E-state index contributed by atoms with van der Waals surface area (Å²) in [5.41, 5.74) is 5.08. The van der Waals surface area contributed by atoms with Crippen LogP contribution in [0.2, 0.25) is 0 Å². The van der Waals surface area contributed by atoms with Crippen LogP contribution in [-0.2, 0) is 4.79 Å². The van der Waals surface area contributed by atoms with Gasteiger partial charge in [-0.1, -0.05) is 18.2 Å². The molecule has 156 valence electrons. The number of anilines is 2. The first kappa shape index (κ1) is 20.1. The Balaban J connectivity index is 1.51. The van der Waals surface area contributed by atoms with E-state index in [9.17, 15) is 4.79 Å². The van der Waals surface area contributed by atoms with Gasteiger partial charge in [-0.3, -0.25) is 4.79 Å². The fraction of sp³-hybridized carbons (Fsp3) is 0.391. The molecule has 0 bridgehead atoms. The molecule has 0 spiro atoms. The molecule has 7 heteroatoms. The van der Waals surface area contributed by atoms with Crippen molar-refractivity contribution in [3.63, 3.8) is 0 Å². The van der Waals surface area contributed by atoms with Crippen LogP contribution < -0.4 is 10.2 Å². The summed E-state index contributed by atoms with van der Waals surface area (Å²) >= 11 is 0. The Kier molecular flexibility index (Phi) is 5.53. The lowest BCUT2D eigenvalue weighted by atomic mass is 9.96. The number of aromatic nitrogens is 4. The third-order valence-electron chi connectivity index (χ3n) is 5.71. The van der Waals surface area contributed by atoms with Gasteiger partial charge in [0, 0.05) is 30.5 Å². The number of aryl methyl sites for hydroxylation is 4. The third-order valence-corrected chi connectivity index (χ3v) is 5.71. The van der Waals surface area contributed by atoms with Crippen LogP contribution in [-0.4, -0.2) is 38.7 Å². The molecule has 1 saturated heterocycles. The zero-order chi connectivity index (χ0) is 21.3. The minimum Gasteiger partial charge on any atom is -0.356 e. The van der Waals surface area contributed by atoms with Gasteiger partial charge < -0.3 is 10.2 Å². The van der Waals surface area contributed by atoms with Crippen molar-refractivity contribution < 1.29 is 4.79 Å². The average Bonchev–Trinajstić information content (AvgIpc) is 3.09. The van der Waals surface area contributed by atoms with Crippen LogP contribution >= 0.6 is 0 Å². The monoisotopic (exact) mass is 404 g/mol. The van der Waals surface area contributed by atoms with E-state index >= 15 is 0 Å². The molecule has 3 heterocycles. The summed E-state index contributed by atoms with van der Waals surface area (Å²) in [6.45, 7) is 9.55. The molecule has 1 amide bonds. The largest absolute Gasteiger partial charge is 0.356 e. The topological polar surface area (TPSA) is 75.9 Å². The zero-order valence-corrected chi connectivity index (χ0v) is 18.0. The molecule has 1 fully saturated rings. The van der Waals surface area contributed by atoms with Crippen molar-refractivity contribution in [1.29, 1.82) is 0 Å². The van der Waals surface area contributed by atoms with Gasteiger partial charge >= 0.3 is 0 Å². The highest BCUT2D eigenvalue weighted by molar-refractivity contribution is 5.94. The summed E-state index contributed by atoms with van der Waals surface area (Å²) in [6.07, 6.45) is 3.40. The summed E-state index contributed by atoms with van der Waals surface area (Å²) < 4.78 is 1.83. The minimum atomic E-state index is -0.0788. The molecule has 1 atom stereocenters. The van der Waals surface area contributed by atoms with Crippen LogP contribution in [0, 0.1) is 33.6 Å². The minimum absolute atomic E-state index is 0.0740. The van der Waals surface area contributed by atoms with E-state index in [1.807, 2.05) is 62.7 Å². The Labute approximate surface area is 177 Å². The predicted octanol–water partition coefficient (Wildman–Crippen LogP) is 3.75. The molecule has 0 saturated carbocycles. The number of para-hydroxylation sites is 1. The van der Waals surface area contributed by atoms with Crippen molar-refractivity contribution in [3.05, 3.63) is 59.2 Å². The number of rotatable bonds is 4. The lowest BCUT2D eigenvalue weighted by Gasteiger charge is -2.33. The molecule has 30 heavy (non-hydrogen) atoms. The number of piperidine rings is 1. The van der Waals surface area contributed by atoms with E-state index in [0.29, 0.717) is 6.54 Å². The molecule has 1 aliphatic heterocycles. The van der Waals surface area contributed by atoms with E-state index in [1.165, 1.54) is 0 Å². The lowest BCUT2D eigenvalue weighted by molar-refractivity contribution is -0.120. The van der Waals surface area contributed by atoms with Gasteiger partial charge in [-0.05, 0) is 57.7 Å². The summed E-state index contributed by atoms with van der Waals surface area (Å²) in [7, 11) is 0. The average molecular weight is 405 g/mol. The maximum Gasteiger partial charge on any atom is 0.229 e. The summed E-state index contributed by atoms with van der Waals surface area (Å²) in [4.78, 5) is 24.0. The highest BCUT2D eigenvalue weighted by Crippen LogP contribution is 2.26. The first-order valence-electron chi connectivity index (χ1n) is 10.4. The summed E-state index contributed by atoms with van der Waals surface area (Å²) in [5, 5.41) is 7.67. The third kappa shape index (κ3) is 4.06. The Morgan fingerprint density at radius 1 is 1.07 bits per heavy atom. The standard InChI is InChI=1S/C23H28N6O/c1-15-7-5-8-16(2)22(15)26-23(30)19-9-6-10-28(13-19)20-12-21(25-14-24-20)29-18(4)11-17(3)27-29/h5,7-8,11-12,14,19H,6,9-10,13H2,1-4H3,(H,26,30). The maximum atomic E-state index is 13.0. The zero-order valence-electron chi connectivity index (χ0n) is 18.0. The molecule has 7 nitrogen and oxygen atoms in total. The highest BCUT2D eigenvalue weighted by Gasteiger charge is 2.27. The van der Waals surface area contributed by atoms with E-state index in [-0.39, 0.29) is 11.8 Å². The first-order valence-corrected chi connectivity index (χ1v) is 10.4. The van der Waals surface area contributed by atoms with Crippen molar-refractivity contribution >= 4 is 17.4 Å². The number of benzene rings is 1. The number of hydrogen-bond acceptors (Lipinski definition) is 5. The van der Waals surface area contributed by atoms with Crippen LogP contribution in [0.25, 0.3) is 5.82 Å². The van der Waals surface area contributed by atoms with E-state index < -0.39 is 0 Å². The molecule has 0 radical (unpaired) electrons. The fourth-order valence-corrected chi connectivity index (χ4v) is 4.12. The predicted molar refractivity (Wildman–Crippen MR) is 118 cm³/mol. The molecule has 1 unspecified atom stereocenters. The Hall–Kier alpha value is -3.22. The van der Waals surface area contributed by atoms with Crippen LogP contribution in [0.15, 0.2) is 36.7 Å². The first-order chi connectivity index (χ1) is 14.4. The fourth-order valence-electron chi connectivity index (χ4n) is 4.12. The van der Waals surface area contributed by atoms with Gasteiger partial charge in [-0.25, -0.2) is 14.6 Å². The molecule has 4 rings (SSSR count). The lowest BCUT2D eigenvalue weighted by Crippen LogP contribution is -2.41. The van der Waals surface area contributed by atoms with Gasteiger partial charge in [0.25, 0.3) is 0 Å². The Bertz CT molecular complexity index is 1050. The van der Waals surface area contributed by atoms with Crippen LogP contribution in [0.1, 0.15) is 35.4 Å². The molecule has 3 aromatic rings. The number of nitrogens with zero attached hydrogens (tertiary/aromatic N) is 5. The van der Waals surface area contributed by atoms with E-state index in [0.717, 1.165) is 59.2 Å². The number of carbonyl (C=O) groups is 1. The quantitative estimate of drug-likeness (QED) is 0.717. The van der Waals surface area contributed by atoms with Crippen molar-refractivity contribution in [3.8, 4) is 5.82 Å². The number of nitrogens with one attached hydrogen (secondary N) is 1. The maximum absolute atomic E-state index is 13.0. The molecule has 1 aromatic carbocycles. The number of carbonyl (C=O) groups excluding carboxylic acids is 1. The van der Waals surface area contributed by atoms with Gasteiger partial charge in [-0.15, -0.1) is 0 Å². The highest BCUT2D eigenvalue weighted by atomic mass is 16.1. The van der Waals surface area contributed by atoms with Gasteiger partial charge in [0.15, 0.2) is 5.82 Å². The van der Waals surface area contributed by atoms with Crippen molar-refractivity contribution in [1.82, 2.24) is 19.7 Å². The van der Waals surface area contributed by atoms with E-state index in [4.69, 9.17) is 0 Å². The second-order valence-electron chi connectivity index (χ2n) is 8.11. The number of hydrogen-bond donors (Lipinski definition) is 1. The molecular formula is C23H28N6O. The number of amides is 1. The van der Waals surface area contributed by atoms with Crippen molar-refractivity contribution in [2.24, 2.45) is 5.92 Å². The molecule has 2 aromatic heterocycles. The molecule has 1 aliphatic rings. The second kappa shape index (κ2) is 8.26. The Morgan fingerprint density at radius 2 is 1.80 bits per heavy atom. The normalized spacial score (nSPS) is 16.5. The molecule has 1 N–H and O–H groups in total. The second-order valence-corrected chi connectivity index (χ2v) is 8.11. The van der Waals surface area contributed by atoms with Gasteiger partial charge in [0.2, 0.25) is 5.91 Å². The van der Waals surface area contributed by atoms with Crippen molar-refractivity contribution in [2.45, 2.75) is 40.5 Å². The van der Waals surface area contributed by atoms with Crippen LogP contribution in [0.3, 0.4) is 0 Å². The summed E-state index contributed by atoms with van der Waals surface area (Å²) in [6, 6.07) is 10.0. The SMILES string of the molecule is Cc1cc(C)n(-c2cc(N3CCCC(C(=O)Nc4c(C)cccc4C)C3)ncn2)n1. The van der Waals surface area contributed by atoms with Gasteiger partial charge in [0.1, 0.15) is 12.1 Å². The Morgan fingerprint density at radius 3 is 2.50 bits per heavy atom. The van der Waals surface area contributed by atoms with Crippen LogP contribution in [0.4, 0.5) is 11.5 Å². The van der Waals surface area contributed by atoms with Gasteiger partial charge in [-0.2, -0.15) is 5.10 Å². The van der Waals surface area contributed by atoms with Gasteiger partial charge in [0.05, 0.1) is 11.6 Å².